The minimum atomic E-state index is 0.785. The minimum absolute atomic E-state index is 0.785. The van der Waals surface area contributed by atoms with Gasteiger partial charge < -0.3 is 4.98 Å². The van der Waals surface area contributed by atoms with Crippen LogP contribution in [0.25, 0.3) is 10.9 Å². The van der Waals surface area contributed by atoms with Crippen LogP contribution in [0.2, 0.25) is 0 Å². The van der Waals surface area contributed by atoms with E-state index in [-0.39, 0.29) is 0 Å². The molecule has 0 radical (unpaired) electrons. The number of H-pyrrole nitrogens is 1. The molecule has 0 fully saturated rings. The van der Waals surface area contributed by atoms with Crippen LogP contribution in [0, 0.1) is 0 Å². The monoisotopic (exact) mass is 205 g/mol. The summed E-state index contributed by atoms with van der Waals surface area (Å²) in [6.07, 6.45) is 0.927. The molecular formula is C11H11NOS. The molecular weight excluding hydrogens is 194 g/mol. The van der Waals surface area contributed by atoms with E-state index in [1.54, 1.807) is 11.8 Å². The van der Waals surface area contributed by atoms with Crippen molar-refractivity contribution in [1.82, 2.24) is 4.98 Å². The maximum Gasteiger partial charge on any atom is 0.153 e. The number of thioether (sulfide) groups is 1. The highest BCUT2D eigenvalue weighted by Crippen LogP contribution is 2.27. The van der Waals surface area contributed by atoms with Gasteiger partial charge in [0, 0.05) is 10.9 Å². The SMILES string of the molecule is CCSc1[nH]c2ccccc2c1C=O. The second kappa shape index (κ2) is 3.88. The molecule has 14 heavy (non-hydrogen) atoms. The lowest BCUT2D eigenvalue weighted by atomic mass is 10.2. The quantitative estimate of drug-likeness (QED) is 0.617. The number of fused-ring (bicyclic) bond motifs is 1. The molecule has 2 nitrogen and oxygen atoms in total. The third-order valence-electron chi connectivity index (χ3n) is 2.12. The standard InChI is InChI=1S/C11H11NOS/c1-2-14-11-9(7-13)8-5-3-4-6-10(8)12-11/h3-7,12H,2H2,1H3. The van der Waals surface area contributed by atoms with Crippen molar-refractivity contribution in [1.29, 1.82) is 0 Å². The molecule has 3 heteroatoms. The Morgan fingerprint density at radius 1 is 1.43 bits per heavy atom. The Labute approximate surface area is 86.7 Å². The Kier molecular flexibility index (Phi) is 2.59. The van der Waals surface area contributed by atoms with Crippen LogP contribution in [0.5, 0.6) is 0 Å². The Morgan fingerprint density at radius 2 is 2.21 bits per heavy atom. The highest BCUT2D eigenvalue weighted by Gasteiger charge is 2.09. The number of aromatic nitrogens is 1. The first-order chi connectivity index (χ1) is 6.86. The molecule has 0 aliphatic heterocycles. The molecule has 1 aromatic heterocycles. The molecule has 0 spiro atoms. The number of rotatable bonds is 3. The topological polar surface area (TPSA) is 32.9 Å². The Morgan fingerprint density at radius 3 is 2.93 bits per heavy atom. The van der Waals surface area contributed by atoms with Gasteiger partial charge in [0.25, 0.3) is 0 Å². The van der Waals surface area contributed by atoms with Crippen molar-refractivity contribution < 1.29 is 4.79 Å². The lowest BCUT2D eigenvalue weighted by molar-refractivity contribution is 0.112. The fourth-order valence-corrected chi connectivity index (χ4v) is 2.30. The number of hydrogen-bond acceptors (Lipinski definition) is 2. The summed E-state index contributed by atoms with van der Waals surface area (Å²) in [4.78, 5) is 14.2. The molecule has 0 amide bonds. The summed E-state index contributed by atoms with van der Waals surface area (Å²) < 4.78 is 0. The van der Waals surface area contributed by atoms with Crippen LogP contribution in [0.4, 0.5) is 0 Å². The first kappa shape index (κ1) is 9.34. The third-order valence-corrected chi connectivity index (χ3v) is 3.02. The fraction of sp³-hybridized carbons (Fsp3) is 0.182. The molecule has 2 rings (SSSR count). The summed E-state index contributed by atoms with van der Waals surface area (Å²) in [5, 5.41) is 1.99. The molecule has 0 atom stereocenters. The number of nitrogens with one attached hydrogen (secondary N) is 1. The summed E-state index contributed by atoms with van der Waals surface area (Å²) in [7, 11) is 0. The second-order valence-corrected chi connectivity index (χ2v) is 4.24. The van der Waals surface area contributed by atoms with E-state index in [4.69, 9.17) is 0 Å². The van der Waals surface area contributed by atoms with E-state index in [9.17, 15) is 4.79 Å². The fourth-order valence-electron chi connectivity index (χ4n) is 1.51. The average molecular weight is 205 g/mol. The summed E-state index contributed by atoms with van der Waals surface area (Å²) in [6, 6.07) is 7.87. The summed E-state index contributed by atoms with van der Waals surface area (Å²) >= 11 is 1.67. The normalized spacial score (nSPS) is 10.6. The molecule has 0 aliphatic carbocycles. The zero-order valence-corrected chi connectivity index (χ0v) is 8.73. The predicted molar refractivity (Wildman–Crippen MR) is 60.1 cm³/mol. The van der Waals surface area contributed by atoms with Gasteiger partial charge in [-0.25, -0.2) is 0 Å². The Bertz CT molecular complexity index is 461. The molecule has 1 N–H and O–H groups in total. The zero-order valence-electron chi connectivity index (χ0n) is 7.91. The van der Waals surface area contributed by atoms with Gasteiger partial charge in [0.2, 0.25) is 0 Å². The van der Waals surface area contributed by atoms with Crippen LogP contribution < -0.4 is 0 Å². The largest absolute Gasteiger partial charge is 0.349 e. The van der Waals surface area contributed by atoms with Crippen LogP contribution in [-0.2, 0) is 0 Å². The van der Waals surface area contributed by atoms with Gasteiger partial charge in [-0.3, -0.25) is 4.79 Å². The van der Waals surface area contributed by atoms with Gasteiger partial charge in [-0.1, -0.05) is 25.1 Å². The number of aldehydes is 1. The predicted octanol–water partition coefficient (Wildman–Crippen LogP) is 3.09. The minimum Gasteiger partial charge on any atom is -0.349 e. The number of benzene rings is 1. The number of aromatic amines is 1. The molecule has 0 saturated heterocycles. The van der Waals surface area contributed by atoms with Gasteiger partial charge in [0.1, 0.15) is 0 Å². The van der Waals surface area contributed by atoms with Gasteiger partial charge in [-0.2, -0.15) is 0 Å². The van der Waals surface area contributed by atoms with E-state index in [2.05, 4.69) is 11.9 Å². The van der Waals surface area contributed by atoms with E-state index in [0.29, 0.717) is 0 Å². The van der Waals surface area contributed by atoms with Crippen molar-refractivity contribution in [2.75, 3.05) is 5.75 Å². The van der Waals surface area contributed by atoms with E-state index in [1.165, 1.54) is 0 Å². The maximum atomic E-state index is 10.9. The number of para-hydroxylation sites is 1. The molecule has 0 saturated carbocycles. The summed E-state index contributed by atoms with van der Waals surface area (Å²) in [5.74, 6) is 0.966. The Hall–Kier alpha value is -1.22. The average Bonchev–Trinajstić information content (AvgIpc) is 2.55. The van der Waals surface area contributed by atoms with Gasteiger partial charge in [-0.05, 0) is 11.8 Å². The van der Waals surface area contributed by atoms with E-state index in [1.807, 2.05) is 24.3 Å². The van der Waals surface area contributed by atoms with Crippen LogP contribution in [-0.4, -0.2) is 17.0 Å². The number of carbonyl (C=O) groups is 1. The molecule has 1 heterocycles. The molecule has 0 aliphatic rings. The molecule has 1 aromatic carbocycles. The molecule has 72 valence electrons. The smallest absolute Gasteiger partial charge is 0.153 e. The van der Waals surface area contributed by atoms with Crippen molar-refractivity contribution in [3.05, 3.63) is 29.8 Å². The second-order valence-electron chi connectivity index (χ2n) is 2.96. The lowest BCUT2D eigenvalue weighted by Gasteiger charge is -1.93. The number of carbonyl (C=O) groups excluding carboxylic acids is 1. The van der Waals surface area contributed by atoms with E-state index >= 15 is 0 Å². The van der Waals surface area contributed by atoms with E-state index < -0.39 is 0 Å². The van der Waals surface area contributed by atoms with Gasteiger partial charge >= 0.3 is 0 Å². The van der Waals surface area contributed by atoms with E-state index in [0.717, 1.165) is 33.5 Å². The first-order valence-electron chi connectivity index (χ1n) is 4.55. The number of hydrogen-bond donors (Lipinski definition) is 1. The third kappa shape index (κ3) is 1.44. The highest BCUT2D eigenvalue weighted by atomic mass is 32.2. The first-order valence-corrected chi connectivity index (χ1v) is 5.54. The Balaban J connectivity index is 2.65. The zero-order chi connectivity index (χ0) is 9.97. The van der Waals surface area contributed by atoms with Gasteiger partial charge in [0.05, 0.1) is 10.6 Å². The highest BCUT2D eigenvalue weighted by molar-refractivity contribution is 7.99. The summed E-state index contributed by atoms with van der Waals surface area (Å²) in [6.45, 7) is 2.07. The maximum absolute atomic E-state index is 10.9. The van der Waals surface area contributed by atoms with Crippen molar-refractivity contribution in [3.8, 4) is 0 Å². The molecule has 2 aromatic rings. The molecule has 0 bridgehead atoms. The van der Waals surface area contributed by atoms with Crippen LogP contribution in [0.3, 0.4) is 0 Å². The van der Waals surface area contributed by atoms with Gasteiger partial charge in [-0.15, -0.1) is 11.8 Å². The van der Waals surface area contributed by atoms with Crippen molar-refractivity contribution in [3.63, 3.8) is 0 Å². The van der Waals surface area contributed by atoms with Crippen LogP contribution in [0.1, 0.15) is 17.3 Å². The van der Waals surface area contributed by atoms with Crippen LogP contribution >= 0.6 is 11.8 Å². The summed E-state index contributed by atoms with van der Waals surface area (Å²) in [5.41, 5.74) is 1.82. The van der Waals surface area contributed by atoms with Crippen LogP contribution in [0.15, 0.2) is 29.3 Å². The molecule has 0 unspecified atom stereocenters. The van der Waals surface area contributed by atoms with Crippen molar-refractivity contribution in [2.24, 2.45) is 0 Å². The lowest BCUT2D eigenvalue weighted by Crippen LogP contribution is -1.80. The van der Waals surface area contributed by atoms with Crippen molar-refractivity contribution >= 4 is 29.0 Å². The van der Waals surface area contributed by atoms with Crippen molar-refractivity contribution in [2.45, 2.75) is 11.9 Å². The van der Waals surface area contributed by atoms with Gasteiger partial charge in [0.15, 0.2) is 6.29 Å².